The van der Waals surface area contributed by atoms with Crippen molar-refractivity contribution in [1.29, 1.82) is 0 Å². The van der Waals surface area contributed by atoms with E-state index in [0.717, 1.165) is 11.0 Å². The summed E-state index contributed by atoms with van der Waals surface area (Å²) in [5.41, 5.74) is 0.653. The van der Waals surface area contributed by atoms with Crippen LogP contribution in [0, 0.1) is 0 Å². The van der Waals surface area contributed by atoms with Crippen molar-refractivity contribution in [3.8, 4) is 0 Å². The highest BCUT2D eigenvalue weighted by Gasteiger charge is 2.52. The van der Waals surface area contributed by atoms with Crippen LogP contribution in [0.15, 0.2) is 30.2 Å². The van der Waals surface area contributed by atoms with Gasteiger partial charge in [-0.05, 0) is 66.4 Å². The van der Waals surface area contributed by atoms with Gasteiger partial charge >= 0.3 is 14.2 Å². The fourth-order valence-corrected chi connectivity index (χ4v) is 3.00. The van der Waals surface area contributed by atoms with Crippen LogP contribution in [0.1, 0.15) is 61.0 Å². The molecule has 0 N–H and O–H groups in total. The van der Waals surface area contributed by atoms with Crippen LogP contribution >= 0.6 is 0 Å². The molecule has 2 aliphatic rings. The Morgan fingerprint density at radius 1 is 0.692 bits per heavy atom. The lowest BCUT2D eigenvalue weighted by Gasteiger charge is -2.32. The van der Waals surface area contributed by atoms with Crippen LogP contribution < -0.4 is 5.46 Å². The predicted molar refractivity (Wildman–Crippen MR) is 107 cm³/mol. The third kappa shape index (κ3) is 3.40. The molecule has 0 atom stereocenters. The average Bonchev–Trinajstić information content (AvgIpc) is 2.85. The van der Waals surface area contributed by atoms with Gasteiger partial charge in [0.05, 0.1) is 22.4 Å². The molecule has 0 aromatic heterocycles. The van der Waals surface area contributed by atoms with E-state index in [1.807, 2.05) is 30.3 Å². The van der Waals surface area contributed by atoms with E-state index in [-0.39, 0.29) is 36.6 Å². The van der Waals surface area contributed by atoms with Gasteiger partial charge in [0.15, 0.2) is 0 Å². The highest BCUT2D eigenvalue weighted by atomic mass is 16.7. The first-order chi connectivity index (χ1) is 11.8. The zero-order chi connectivity index (χ0) is 19.4. The maximum Gasteiger partial charge on any atom is 0.495 e. The topological polar surface area (TPSA) is 36.9 Å². The zero-order valence-corrected chi connectivity index (χ0v) is 17.3. The Balaban J connectivity index is 1.81. The van der Waals surface area contributed by atoms with Crippen molar-refractivity contribution in [3.63, 3.8) is 0 Å². The first-order valence-corrected chi connectivity index (χ1v) is 9.33. The van der Waals surface area contributed by atoms with Crippen molar-refractivity contribution in [2.45, 2.75) is 77.8 Å². The normalized spacial score (nSPS) is 26.0. The number of hydrogen-bond donors (Lipinski definition) is 0. The number of benzene rings is 1. The van der Waals surface area contributed by atoms with Crippen molar-refractivity contribution in [3.05, 3.63) is 35.8 Å². The Morgan fingerprint density at radius 2 is 1.15 bits per heavy atom. The molecule has 140 valence electrons. The standard InChI is InChI=1S/C20H30B2O4/c1-17(2)18(3,4)24-21(23-17)14-13-15-11-9-10-12-16(15)22-25-19(5,6)20(7,8)26-22/h9-14H,1-8H3/b14-13-. The van der Waals surface area contributed by atoms with E-state index in [1.54, 1.807) is 0 Å². The van der Waals surface area contributed by atoms with E-state index in [0.29, 0.717) is 0 Å². The largest absolute Gasteiger partial charge is 0.495 e. The summed E-state index contributed by atoms with van der Waals surface area (Å²) in [5, 5.41) is 0. The Kier molecular flexibility index (Phi) is 4.72. The molecule has 1 aromatic rings. The van der Waals surface area contributed by atoms with Gasteiger partial charge < -0.3 is 18.6 Å². The Hall–Kier alpha value is -1.07. The van der Waals surface area contributed by atoms with Gasteiger partial charge in [-0.3, -0.25) is 0 Å². The lowest BCUT2D eigenvalue weighted by Crippen LogP contribution is -2.41. The lowest BCUT2D eigenvalue weighted by atomic mass is 9.75. The molecule has 26 heavy (non-hydrogen) atoms. The molecule has 4 nitrogen and oxygen atoms in total. The molecule has 0 saturated carbocycles. The van der Waals surface area contributed by atoms with E-state index >= 15 is 0 Å². The summed E-state index contributed by atoms with van der Waals surface area (Å²) in [6.45, 7) is 16.5. The van der Waals surface area contributed by atoms with Gasteiger partial charge in [-0.2, -0.15) is 0 Å². The van der Waals surface area contributed by atoms with Gasteiger partial charge in [0.1, 0.15) is 0 Å². The molecule has 0 radical (unpaired) electrons. The SMILES string of the molecule is CC1(C)OB(/C=C\c2ccccc2B2OC(C)(C)C(C)(C)O2)OC1(C)C. The van der Waals surface area contributed by atoms with Crippen LogP contribution in [-0.4, -0.2) is 36.6 Å². The maximum atomic E-state index is 6.21. The molecule has 2 fully saturated rings. The summed E-state index contributed by atoms with van der Waals surface area (Å²) >= 11 is 0. The molecule has 0 amide bonds. The summed E-state index contributed by atoms with van der Waals surface area (Å²) in [4.78, 5) is 0. The molecule has 1 aromatic carbocycles. The molecule has 0 aliphatic carbocycles. The fraction of sp³-hybridized carbons (Fsp3) is 0.600. The van der Waals surface area contributed by atoms with Crippen LogP contribution in [0.4, 0.5) is 0 Å². The second-order valence-corrected chi connectivity index (χ2v) is 9.20. The lowest BCUT2D eigenvalue weighted by molar-refractivity contribution is 0.00578. The second kappa shape index (κ2) is 6.23. The number of rotatable bonds is 3. The predicted octanol–water partition coefficient (Wildman–Crippen LogP) is 3.63. The van der Waals surface area contributed by atoms with Gasteiger partial charge in [0.2, 0.25) is 0 Å². The highest BCUT2D eigenvalue weighted by Crippen LogP contribution is 2.38. The van der Waals surface area contributed by atoms with Crippen molar-refractivity contribution >= 4 is 25.8 Å². The van der Waals surface area contributed by atoms with Crippen LogP contribution in [0.5, 0.6) is 0 Å². The molecular weight excluding hydrogens is 326 g/mol. The van der Waals surface area contributed by atoms with Crippen LogP contribution in [-0.2, 0) is 18.6 Å². The molecule has 2 heterocycles. The fourth-order valence-electron chi connectivity index (χ4n) is 3.00. The van der Waals surface area contributed by atoms with E-state index in [9.17, 15) is 0 Å². The van der Waals surface area contributed by atoms with Crippen molar-refractivity contribution in [1.82, 2.24) is 0 Å². The van der Waals surface area contributed by atoms with Crippen molar-refractivity contribution in [2.24, 2.45) is 0 Å². The molecular formula is C20H30B2O4. The van der Waals surface area contributed by atoms with Gasteiger partial charge in [-0.15, -0.1) is 0 Å². The monoisotopic (exact) mass is 356 g/mol. The highest BCUT2D eigenvalue weighted by molar-refractivity contribution is 6.63. The van der Waals surface area contributed by atoms with E-state index in [1.165, 1.54) is 0 Å². The molecule has 2 saturated heterocycles. The second-order valence-electron chi connectivity index (χ2n) is 9.20. The summed E-state index contributed by atoms with van der Waals surface area (Å²) in [6.07, 6.45) is 2.03. The zero-order valence-electron chi connectivity index (χ0n) is 17.3. The van der Waals surface area contributed by atoms with E-state index in [2.05, 4.69) is 61.5 Å². The quantitative estimate of drug-likeness (QED) is 0.776. The molecule has 2 aliphatic heterocycles. The van der Waals surface area contributed by atoms with Crippen molar-refractivity contribution < 1.29 is 18.6 Å². The molecule has 0 bridgehead atoms. The molecule has 6 heteroatoms. The summed E-state index contributed by atoms with van der Waals surface area (Å²) in [6, 6.07) is 8.12. The molecule has 3 rings (SSSR count). The van der Waals surface area contributed by atoms with E-state index < -0.39 is 0 Å². The Morgan fingerprint density at radius 3 is 1.69 bits per heavy atom. The first-order valence-electron chi connectivity index (χ1n) is 9.33. The third-order valence-corrected chi connectivity index (χ3v) is 6.21. The Labute approximate surface area is 158 Å². The van der Waals surface area contributed by atoms with Gasteiger partial charge in [-0.25, -0.2) is 0 Å². The minimum atomic E-state index is -0.390. The maximum absolute atomic E-state index is 6.21. The van der Waals surface area contributed by atoms with Crippen LogP contribution in [0.3, 0.4) is 0 Å². The van der Waals surface area contributed by atoms with Crippen LogP contribution in [0.25, 0.3) is 6.08 Å². The minimum Gasteiger partial charge on any atom is -0.400 e. The third-order valence-electron chi connectivity index (χ3n) is 6.21. The van der Waals surface area contributed by atoms with Crippen molar-refractivity contribution in [2.75, 3.05) is 0 Å². The molecule has 0 unspecified atom stereocenters. The number of hydrogen-bond acceptors (Lipinski definition) is 4. The smallest absolute Gasteiger partial charge is 0.400 e. The van der Waals surface area contributed by atoms with E-state index in [4.69, 9.17) is 18.6 Å². The summed E-state index contributed by atoms with van der Waals surface area (Å²) in [7, 11) is -0.759. The van der Waals surface area contributed by atoms with Gasteiger partial charge in [-0.1, -0.05) is 36.3 Å². The first kappa shape index (κ1) is 19.7. The molecule has 0 spiro atoms. The minimum absolute atomic E-state index is 0.340. The summed E-state index contributed by atoms with van der Waals surface area (Å²) in [5.74, 6) is 1.96. The Bertz CT molecular complexity index is 678. The van der Waals surface area contributed by atoms with Gasteiger partial charge in [0, 0.05) is 0 Å². The average molecular weight is 356 g/mol. The summed E-state index contributed by atoms with van der Waals surface area (Å²) < 4.78 is 24.5. The van der Waals surface area contributed by atoms with Crippen LogP contribution in [0.2, 0.25) is 0 Å². The van der Waals surface area contributed by atoms with Gasteiger partial charge in [0.25, 0.3) is 0 Å².